The summed E-state index contributed by atoms with van der Waals surface area (Å²) in [5.41, 5.74) is 3.35. The molecular weight excluding hydrogens is 178 g/mol. The molecule has 0 fully saturated rings. The zero-order valence-corrected chi connectivity index (χ0v) is 8.59. The van der Waals surface area contributed by atoms with Gasteiger partial charge in [-0.1, -0.05) is 6.92 Å². The highest BCUT2D eigenvalue weighted by molar-refractivity contribution is 5.46. The highest BCUT2D eigenvalue weighted by Gasteiger charge is 2.09. The zero-order chi connectivity index (χ0) is 10.3. The predicted molar refractivity (Wildman–Crippen MR) is 54.7 cm³/mol. The first-order valence-electron chi connectivity index (χ1n) is 4.71. The van der Waals surface area contributed by atoms with Crippen LogP contribution in [0.5, 0.6) is 0 Å². The Morgan fingerprint density at radius 1 is 1.50 bits per heavy atom. The Labute approximate surface area is 81.6 Å². The maximum atomic E-state index is 11.9. The van der Waals surface area contributed by atoms with Gasteiger partial charge in [0.1, 0.15) is 0 Å². The summed E-state index contributed by atoms with van der Waals surface area (Å²) >= 11 is 0. The number of aromatic amines is 1. The molecule has 0 amide bonds. The van der Waals surface area contributed by atoms with Crippen LogP contribution in [0, 0.1) is 13.8 Å². The summed E-state index contributed by atoms with van der Waals surface area (Å²) in [4.78, 5) is 16.3. The molecule has 2 heterocycles. The van der Waals surface area contributed by atoms with Crippen LogP contribution < -0.4 is 5.56 Å². The van der Waals surface area contributed by atoms with Crippen molar-refractivity contribution < 1.29 is 0 Å². The van der Waals surface area contributed by atoms with E-state index in [1.165, 1.54) is 4.52 Å². The molecule has 74 valence electrons. The molecule has 0 aliphatic heterocycles. The molecule has 0 aliphatic rings. The Hall–Kier alpha value is -1.58. The van der Waals surface area contributed by atoms with E-state index in [-0.39, 0.29) is 5.56 Å². The Morgan fingerprint density at radius 2 is 2.21 bits per heavy atom. The topological polar surface area (TPSA) is 50.2 Å². The third-order valence-electron chi connectivity index (χ3n) is 2.50. The number of aryl methyl sites for hydroxylation is 2. The smallest absolute Gasteiger partial charge is 0.276 e. The van der Waals surface area contributed by atoms with E-state index in [9.17, 15) is 4.79 Å². The molecule has 4 nitrogen and oxygen atoms in total. The minimum absolute atomic E-state index is 0.0168. The Kier molecular flexibility index (Phi) is 1.91. The molecule has 2 rings (SSSR count). The third-order valence-corrected chi connectivity index (χ3v) is 2.50. The first-order chi connectivity index (χ1) is 6.65. The van der Waals surface area contributed by atoms with Crippen LogP contribution in [0.25, 0.3) is 5.65 Å². The van der Waals surface area contributed by atoms with Crippen molar-refractivity contribution in [1.82, 2.24) is 14.6 Å². The van der Waals surface area contributed by atoms with Crippen LogP contribution in [0.15, 0.2) is 11.0 Å². The van der Waals surface area contributed by atoms with Gasteiger partial charge in [-0.15, -0.1) is 0 Å². The van der Waals surface area contributed by atoms with Gasteiger partial charge in [-0.3, -0.25) is 9.89 Å². The Bertz CT molecular complexity index is 536. The minimum Gasteiger partial charge on any atom is -0.297 e. The number of hydrogen-bond acceptors (Lipinski definition) is 2. The highest BCUT2D eigenvalue weighted by Crippen LogP contribution is 2.07. The maximum absolute atomic E-state index is 11.9. The van der Waals surface area contributed by atoms with Crippen LogP contribution in [0.1, 0.15) is 23.7 Å². The van der Waals surface area contributed by atoms with E-state index in [4.69, 9.17) is 0 Å². The lowest BCUT2D eigenvalue weighted by atomic mass is 10.2. The van der Waals surface area contributed by atoms with Crippen molar-refractivity contribution in [2.45, 2.75) is 27.2 Å². The second kappa shape index (κ2) is 2.97. The van der Waals surface area contributed by atoms with Gasteiger partial charge < -0.3 is 0 Å². The summed E-state index contributed by atoms with van der Waals surface area (Å²) in [6.45, 7) is 5.78. The summed E-state index contributed by atoms with van der Waals surface area (Å²) in [5, 5.41) is 2.90. The number of fused-ring (bicyclic) bond motifs is 1. The fraction of sp³-hybridized carbons (Fsp3) is 0.400. The van der Waals surface area contributed by atoms with E-state index in [1.807, 2.05) is 20.8 Å². The molecule has 1 N–H and O–H groups in total. The van der Waals surface area contributed by atoms with Gasteiger partial charge in [0, 0.05) is 23.0 Å². The van der Waals surface area contributed by atoms with Crippen LogP contribution in [0.2, 0.25) is 0 Å². The van der Waals surface area contributed by atoms with Crippen LogP contribution in [-0.2, 0) is 6.42 Å². The van der Waals surface area contributed by atoms with Gasteiger partial charge in [0.05, 0.1) is 0 Å². The molecule has 4 heteroatoms. The third kappa shape index (κ3) is 1.07. The second-order valence-corrected chi connectivity index (χ2v) is 3.45. The van der Waals surface area contributed by atoms with Crippen molar-refractivity contribution >= 4 is 5.65 Å². The van der Waals surface area contributed by atoms with Crippen molar-refractivity contribution in [2.24, 2.45) is 0 Å². The molecular formula is C10H13N3O. The lowest BCUT2D eigenvalue weighted by molar-refractivity contribution is 0.853. The largest absolute Gasteiger partial charge is 0.297 e. The second-order valence-electron chi connectivity index (χ2n) is 3.45. The summed E-state index contributed by atoms with van der Waals surface area (Å²) in [6.07, 6.45) is 2.52. The summed E-state index contributed by atoms with van der Waals surface area (Å²) in [5.74, 6) is 0. The number of rotatable bonds is 1. The van der Waals surface area contributed by atoms with Crippen molar-refractivity contribution in [1.29, 1.82) is 0 Å². The number of H-pyrrole nitrogens is 1. The zero-order valence-electron chi connectivity index (χ0n) is 8.59. The van der Waals surface area contributed by atoms with Gasteiger partial charge >= 0.3 is 0 Å². The van der Waals surface area contributed by atoms with Gasteiger partial charge in [-0.25, -0.2) is 9.50 Å². The quantitative estimate of drug-likeness (QED) is 0.736. The summed E-state index contributed by atoms with van der Waals surface area (Å²) in [6, 6.07) is 0. The van der Waals surface area contributed by atoms with Crippen molar-refractivity contribution in [3.63, 3.8) is 0 Å². The van der Waals surface area contributed by atoms with Gasteiger partial charge in [0.15, 0.2) is 5.65 Å². The van der Waals surface area contributed by atoms with E-state index in [0.717, 1.165) is 28.9 Å². The van der Waals surface area contributed by atoms with Crippen LogP contribution in [-0.4, -0.2) is 14.6 Å². The molecule has 0 radical (unpaired) electrons. The van der Waals surface area contributed by atoms with Crippen molar-refractivity contribution in [2.75, 3.05) is 0 Å². The SMILES string of the molecule is CCc1c(C)nc2c(C)c[nH]n2c1=O. The van der Waals surface area contributed by atoms with E-state index < -0.39 is 0 Å². The van der Waals surface area contributed by atoms with Crippen LogP contribution >= 0.6 is 0 Å². The fourth-order valence-corrected chi connectivity index (χ4v) is 1.68. The van der Waals surface area contributed by atoms with Gasteiger partial charge in [-0.2, -0.15) is 0 Å². The van der Waals surface area contributed by atoms with Crippen molar-refractivity contribution in [3.8, 4) is 0 Å². The predicted octanol–water partition coefficient (Wildman–Crippen LogP) is 1.20. The molecule has 0 aromatic carbocycles. The lowest BCUT2D eigenvalue weighted by Gasteiger charge is -2.02. The fourth-order valence-electron chi connectivity index (χ4n) is 1.68. The Morgan fingerprint density at radius 3 is 2.86 bits per heavy atom. The lowest BCUT2D eigenvalue weighted by Crippen LogP contribution is -2.21. The number of hydrogen-bond donors (Lipinski definition) is 1. The molecule has 14 heavy (non-hydrogen) atoms. The molecule has 0 spiro atoms. The van der Waals surface area contributed by atoms with E-state index in [1.54, 1.807) is 6.20 Å². The number of nitrogens with zero attached hydrogens (tertiary/aromatic N) is 2. The molecule has 0 unspecified atom stereocenters. The number of nitrogens with one attached hydrogen (secondary N) is 1. The first kappa shape index (κ1) is 8.99. The van der Waals surface area contributed by atoms with Gasteiger partial charge in [0.25, 0.3) is 5.56 Å². The van der Waals surface area contributed by atoms with Crippen LogP contribution in [0.3, 0.4) is 0 Å². The normalized spacial score (nSPS) is 11.1. The average Bonchev–Trinajstić information content (AvgIpc) is 2.49. The highest BCUT2D eigenvalue weighted by atomic mass is 16.1. The monoisotopic (exact) mass is 191 g/mol. The van der Waals surface area contributed by atoms with Gasteiger partial charge in [-0.05, 0) is 20.3 Å². The molecule has 0 saturated carbocycles. The van der Waals surface area contributed by atoms with E-state index in [2.05, 4.69) is 10.1 Å². The van der Waals surface area contributed by atoms with Gasteiger partial charge in [0.2, 0.25) is 0 Å². The summed E-state index contributed by atoms with van der Waals surface area (Å²) < 4.78 is 1.50. The summed E-state index contributed by atoms with van der Waals surface area (Å²) in [7, 11) is 0. The standard InChI is InChI=1S/C10H13N3O/c1-4-8-7(3)12-9-6(2)5-11-13(9)10(8)14/h5,11H,4H2,1-3H3. The Balaban J connectivity index is 2.95. The molecule has 2 aromatic rings. The van der Waals surface area contributed by atoms with E-state index >= 15 is 0 Å². The molecule has 0 aliphatic carbocycles. The molecule has 0 atom stereocenters. The number of aromatic nitrogens is 3. The molecule has 0 saturated heterocycles. The maximum Gasteiger partial charge on any atom is 0.276 e. The molecule has 2 aromatic heterocycles. The first-order valence-corrected chi connectivity index (χ1v) is 4.71. The van der Waals surface area contributed by atoms with E-state index in [0.29, 0.717) is 0 Å². The molecule has 0 bridgehead atoms. The van der Waals surface area contributed by atoms with Crippen molar-refractivity contribution in [3.05, 3.63) is 33.4 Å². The average molecular weight is 191 g/mol. The minimum atomic E-state index is 0.0168. The van der Waals surface area contributed by atoms with Crippen LogP contribution in [0.4, 0.5) is 0 Å².